The zero-order chi connectivity index (χ0) is 11.5. The van der Waals surface area contributed by atoms with E-state index >= 15 is 0 Å². The van der Waals surface area contributed by atoms with Gasteiger partial charge in [-0.2, -0.15) is 5.21 Å². The molecule has 1 heterocycles. The Morgan fingerprint density at radius 1 is 1.06 bits per heavy atom. The van der Waals surface area contributed by atoms with Gasteiger partial charge in [-0.3, -0.25) is 0 Å². The molecule has 0 fully saturated rings. The Morgan fingerprint density at radius 2 is 1.94 bits per heavy atom. The second kappa shape index (κ2) is 4.21. The third-order valence-corrected chi connectivity index (χ3v) is 2.61. The molecule has 3 aromatic rings. The van der Waals surface area contributed by atoms with E-state index in [1.54, 1.807) is 0 Å². The van der Waals surface area contributed by atoms with Crippen LogP contribution in [-0.2, 0) is 6.54 Å². The van der Waals surface area contributed by atoms with Crippen LogP contribution in [0.2, 0.25) is 0 Å². The van der Waals surface area contributed by atoms with Crippen LogP contribution in [0.5, 0.6) is 0 Å². The Morgan fingerprint density at radius 3 is 2.76 bits per heavy atom. The first-order valence-corrected chi connectivity index (χ1v) is 5.37. The minimum Gasteiger partial charge on any atom is -0.348 e. The van der Waals surface area contributed by atoms with Gasteiger partial charge in [0, 0.05) is 6.54 Å². The quantitative estimate of drug-likeness (QED) is 0.715. The average molecular weight is 225 g/mol. The number of aromatic amines is 1. The molecule has 0 unspecified atom stereocenters. The second-order valence-electron chi connectivity index (χ2n) is 3.77. The summed E-state index contributed by atoms with van der Waals surface area (Å²) in [6.07, 6.45) is 0. The number of nitrogens with zero attached hydrogens (tertiary/aromatic N) is 3. The first kappa shape index (κ1) is 9.77. The van der Waals surface area contributed by atoms with Gasteiger partial charge in [0.25, 0.3) is 5.95 Å². The third-order valence-electron chi connectivity index (χ3n) is 2.61. The van der Waals surface area contributed by atoms with Crippen LogP contribution < -0.4 is 5.32 Å². The van der Waals surface area contributed by atoms with Crippen molar-refractivity contribution in [2.24, 2.45) is 0 Å². The van der Waals surface area contributed by atoms with Crippen LogP contribution in [0.1, 0.15) is 5.56 Å². The fraction of sp³-hybridized carbons (Fsp3) is 0.0833. The van der Waals surface area contributed by atoms with Gasteiger partial charge in [0.2, 0.25) is 0 Å². The molecule has 0 aliphatic carbocycles. The lowest BCUT2D eigenvalue weighted by Crippen LogP contribution is -2.00. The fourth-order valence-electron chi connectivity index (χ4n) is 1.77. The molecule has 0 spiro atoms. The number of aromatic nitrogens is 4. The summed E-state index contributed by atoms with van der Waals surface area (Å²) in [5, 5.41) is 19.1. The topological polar surface area (TPSA) is 66.5 Å². The fourth-order valence-corrected chi connectivity index (χ4v) is 1.77. The van der Waals surface area contributed by atoms with Crippen molar-refractivity contribution < 1.29 is 0 Å². The lowest BCUT2D eigenvalue weighted by Gasteiger charge is -2.03. The minimum absolute atomic E-state index is 0.512. The van der Waals surface area contributed by atoms with Crippen molar-refractivity contribution in [2.45, 2.75) is 6.54 Å². The van der Waals surface area contributed by atoms with Crippen molar-refractivity contribution in [3.05, 3.63) is 48.0 Å². The summed E-state index contributed by atoms with van der Waals surface area (Å²) in [5.74, 6) is 0.512. The number of H-pyrrole nitrogens is 1. The molecular weight excluding hydrogens is 214 g/mol. The summed E-state index contributed by atoms with van der Waals surface area (Å²) >= 11 is 0. The van der Waals surface area contributed by atoms with E-state index in [2.05, 4.69) is 56.3 Å². The minimum atomic E-state index is 0.512. The molecule has 1 aromatic heterocycles. The predicted octanol–water partition coefficient (Wildman–Crippen LogP) is 1.96. The van der Waals surface area contributed by atoms with Crippen LogP contribution >= 0.6 is 0 Å². The van der Waals surface area contributed by atoms with Gasteiger partial charge in [-0.25, -0.2) is 0 Å². The van der Waals surface area contributed by atoms with Crippen LogP contribution in [0.4, 0.5) is 5.95 Å². The van der Waals surface area contributed by atoms with E-state index < -0.39 is 0 Å². The van der Waals surface area contributed by atoms with Gasteiger partial charge in [-0.1, -0.05) is 41.5 Å². The summed E-state index contributed by atoms with van der Waals surface area (Å²) in [4.78, 5) is 0. The number of anilines is 1. The van der Waals surface area contributed by atoms with Gasteiger partial charge in [0.05, 0.1) is 0 Å². The molecule has 0 saturated carbocycles. The van der Waals surface area contributed by atoms with Crippen LogP contribution in [0.3, 0.4) is 0 Å². The van der Waals surface area contributed by atoms with Gasteiger partial charge in [0.15, 0.2) is 0 Å². The highest BCUT2D eigenvalue weighted by atomic mass is 15.5. The van der Waals surface area contributed by atoms with E-state index in [-0.39, 0.29) is 0 Å². The first-order valence-electron chi connectivity index (χ1n) is 5.37. The van der Waals surface area contributed by atoms with Gasteiger partial charge in [-0.15, -0.1) is 5.10 Å². The zero-order valence-electron chi connectivity index (χ0n) is 9.09. The monoisotopic (exact) mass is 225 g/mol. The molecule has 3 rings (SSSR count). The number of hydrogen-bond acceptors (Lipinski definition) is 4. The van der Waals surface area contributed by atoms with E-state index in [0.717, 1.165) is 0 Å². The van der Waals surface area contributed by atoms with E-state index in [1.165, 1.54) is 16.3 Å². The highest BCUT2D eigenvalue weighted by Crippen LogP contribution is 2.15. The molecule has 5 heteroatoms. The zero-order valence-corrected chi connectivity index (χ0v) is 9.09. The summed E-state index contributed by atoms with van der Waals surface area (Å²) in [5.41, 5.74) is 1.19. The maximum absolute atomic E-state index is 3.84. The Kier molecular flexibility index (Phi) is 2.42. The average Bonchev–Trinajstić information content (AvgIpc) is 2.89. The van der Waals surface area contributed by atoms with Crippen molar-refractivity contribution in [1.82, 2.24) is 20.6 Å². The maximum Gasteiger partial charge on any atom is 0.263 e. The normalized spacial score (nSPS) is 10.6. The molecule has 2 N–H and O–H groups in total. The molecule has 17 heavy (non-hydrogen) atoms. The molecule has 0 aliphatic rings. The first-order chi connectivity index (χ1) is 8.42. The van der Waals surface area contributed by atoms with Gasteiger partial charge in [0.1, 0.15) is 0 Å². The van der Waals surface area contributed by atoms with E-state index in [9.17, 15) is 0 Å². The highest BCUT2D eigenvalue weighted by Gasteiger charge is 1.98. The Bertz CT molecular complexity index is 618. The molecule has 0 bridgehead atoms. The number of nitrogens with one attached hydrogen (secondary N) is 2. The molecule has 84 valence electrons. The van der Waals surface area contributed by atoms with Crippen molar-refractivity contribution in [3.8, 4) is 0 Å². The predicted molar refractivity (Wildman–Crippen MR) is 65.5 cm³/mol. The highest BCUT2D eigenvalue weighted by molar-refractivity contribution is 5.83. The molecule has 0 atom stereocenters. The van der Waals surface area contributed by atoms with Crippen molar-refractivity contribution in [3.63, 3.8) is 0 Å². The molecule has 2 aromatic carbocycles. The Hall–Kier alpha value is -2.43. The molecular formula is C12H11N5. The van der Waals surface area contributed by atoms with Gasteiger partial charge in [-0.05, 0) is 27.6 Å². The number of hydrogen-bond donors (Lipinski definition) is 2. The largest absolute Gasteiger partial charge is 0.348 e. The van der Waals surface area contributed by atoms with Crippen LogP contribution in [0.15, 0.2) is 42.5 Å². The lowest BCUT2D eigenvalue weighted by atomic mass is 10.1. The molecule has 5 nitrogen and oxygen atoms in total. The van der Waals surface area contributed by atoms with Gasteiger partial charge >= 0.3 is 0 Å². The summed E-state index contributed by atoms with van der Waals surface area (Å²) in [6, 6.07) is 14.7. The molecule has 0 aliphatic heterocycles. The molecule has 0 amide bonds. The summed E-state index contributed by atoms with van der Waals surface area (Å²) in [7, 11) is 0. The van der Waals surface area contributed by atoms with Crippen molar-refractivity contribution >= 4 is 16.7 Å². The van der Waals surface area contributed by atoms with Gasteiger partial charge < -0.3 is 5.32 Å². The Labute approximate surface area is 97.9 Å². The van der Waals surface area contributed by atoms with Crippen molar-refractivity contribution in [2.75, 3.05) is 5.32 Å². The SMILES string of the molecule is c1ccc2cc(CNc3nn[nH]n3)ccc2c1. The van der Waals surface area contributed by atoms with Crippen LogP contribution in [0.25, 0.3) is 10.8 Å². The number of benzene rings is 2. The number of rotatable bonds is 3. The number of fused-ring (bicyclic) bond motifs is 1. The second-order valence-corrected chi connectivity index (χ2v) is 3.77. The molecule has 0 radical (unpaired) electrons. The smallest absolute Gasteiger partial charge is 0.263 e. The standard InChI is InChI=1S/C12H11N5/c1-2-4-11-7-9(5-6-10(11)3-1)8-13-12-14-16-17-15-12/h1-7H,8H2,(H2,13,14,15,16,17). The lowest BCUT2D eigenvalue weighted by molar-refractivity contribution is 0.881. The van der Waals surface area contributed by atoms with Crippen molar-refractivity contribution in [1.29, 1.82) is 0 Å². The van der Waals surface area contributed by atoms with E-state index in [0.29, 0.717) is 12.5 Å². The van der Waals surface area contributed by atoms with E-state index in [1.807, 2.05) is 12.1 Å². The van der Waals surface area contributed by atoms with E-state index in [4.69, 9.17) is 0 Å². The molecule has 0 saturated heterocycles. The summed E-state index contributed by atoms with van der Waals surface area (Å²) in [6.45, 7) is 0.685. The number of tetrazole rings is 1. The third kappa shape index (κ3) is 2.08. The van der Waals surface area contributed by atoms with Crippen LogP contribution in [-0.4, -0.2) is 20.6 Å². The Balaban J connectivity index is 1.81. The maximum atomic E-state index is 3.84. The summed E-state index contributed by atoms with van der Waals surface area (Å²) < 4.78 is 0. The van der Waals surface area contributed by atoms with Crippen LogP contribution in [0, 0.1) is 0 Å².